The molecule has 0 bridgehead atoms. The van der Waals surface area contributed by atoms with Crippen LogP contribution in [-0.4, -0.2) is 16.3 Å². The van der Waals surface area contributed by atoms with Gasteiger partial charge in [-0.1, -0.05) is 212 Å². The average Bonchev–Trinajstić information content (AvgIpc) is 3.09. The van der Waals surface area contributed by atoms with Crippen LogP contribution >= 0.6 is 82.8 Å². The molecule has 0 spiro atoms. The van der Waals surface area contributed by atoms with E-state index in [0.29, 0.717) is 40.7 Å². The molecule has 0 aliphatic carbocycles. The summed E-state index contributed by atoms with van der Waals surface area (Å²) in [6.45, 7) is 43.6. The van der Waals surface area contributed by atoms with Crippen LogP contribution in [0.5, 0.6) is 0 Å². The van der Waals surface area contributed by atoms with Crippen LogP contribution < -0.4 is 11.1 Å². The van der Waals surface area contributed by atoms with Gasteiger partial charge in [0, 0.05) is 27.6 Å². The van der Waals surface area contributed by atoms with Crippen molar-refractivity contribution in [3.05, 3.63) is 88.0 Å². The van der Waals surface area contributed by atoms with Crippen molar-refractivity contribution in [1.29, 1.82) is 0 Å². The second-order valence-corrected chi connectivity index (χ2v) is 38.2. The van der Waals surface area contributed by atoms with Crippen molar-refractivity contribution in [2.45, 2.75) is 181 Å². The number of halogens is 7. The van der Waals surface area contributed by atoms with E-state index in [0.717, 1.165) is 17.1 Å². The minimum atomic E-state index is -3.69. The van der Waals surface area contributed by atoms with Crippen molar-refractivity contribution >= 4 is 116 Å². The zero-order valence-corrected chi connectivity index (χ0v) is 48.8. The maximum atomic E-state index is 12.3. The summed E-state index contributed by atoms with van der Waals surface area (Å²) < 4.78 is -3.69. The summed E-state index contributed by atoms with van der Waals surface area (Å²) in [6, 6.07) is 19.1. The van der Waals surface area contributed by atoms with E-state index in [1.165, 1.54) is 33.4 Å². The van der Waals surface area contributed by atoms with Gasteiger partial charge >= 0.3 is 59.6 Å². The number of anilines is 2. The molecule has 3 rings (SSSR count). The van der Waals surface area contributed by atoms with Crippen molar-refractivity contribution in [1.82, 2.24) is 0 Å². The molecule has 3 aromatic rings. The van der Waals surface area contributed by atoms with Crippen molar-refractivity contribution in [3.63, 3.8) is 0 Å². The van der Waals surface area contributed by atoms with Crippen LogP contribution in [0.1, 0.15) is 214 Å². The first-order chi connectivity index (χ1) is 28.5. The predicted molar refractivity (Wildman–Crippen MR) is 295 cm³/mol. The quantitative estimate of drug-likeness (QED) is 0.102. The Kier molecular flexibility index (Phi) is 27.4. The average molecular weight is 1050 g/mol. The number of hydrogen-bond donors (Lipinski definition) is 2. The van der Waals surface area contributed by atoms with Gasteiger partial charge in [0.05, 0.1) is 5.69 Å². The van der Waals surface area contributed by atoms with E-state index in [-0.39, 0.29) is 27.4 Å². The van der Waals surface area contributed by atoms with Gasteiger partial charge < -0.3 is 11.1 Å². The van der Waals surface area contributed by atoms with Gasteiger partial charge in [-0.25, -0.2) is 4.99 Å². The second-order valence-electron chi connectivity index (χ2n) is 20.9. The van der Waals surface area contributed by atoms with Crippen molar-refractivity contribution in [3.8, 4) is 0 Å². The number of carbonyl (C=O) groups is 2. The molecule has 0 radical (unpaired) electrons. The molecule has 64 heavy (non-hydrogen) atoms. The number of nitrogens with one attached hydrogen (secondary N) is 1. The first-order valence-electron chi connectivity index (χ1n) is 22.0. The Morgan fingerprint density at radius 1 is 0.500 bits per heavy atom. The van der Waals surface area contributed by atoms with E-state index < -0.39 is 3.37 Å². The van der Waals surface area contributed by atoms with Crippen LogP contribution in [0.3, 0.4) is 0 Å². The number of hydrogen-bond acceptors (Lipinski definition) is 4. The molecule has 13 heteroatoms. The number of para-hydroxylation sites is 3. The third kappa shape index (κ3) is 26.3. The zero-order valence-electron chi connectivity index (χ0n) is 42.6. The van der Waals surface area contributed by atoms with Crippen molar-refractivity contribution in [2.75, 3.05) is 11.1 Å². The van der Waals surface area contributed by atoms with E-state index in [1.54, 1.807) is 20.8 Å². The fourth-order valence-electron chi connectivity index (χ4n) is 5.51. The molecule has 3 N–H and O–H groups in total. The summed E-state index contributed by atoms with van der Waals surface area (Å²) in [4.78, 5) is 27.3. The van der Waals surface area contributed by atoms with Gasteiger partial charge in [0.15, 0.2) is 0 Å². The Labute approximate surface area is 423 Å². The molecule has 0 saturated heterocycles. The number of carbonyl (C=O) groups excluding carboxylic acids is 2. The first kappa shape index (κ1) is 64.8. The number of rotatable bonds is 8. The van der Waals surface area contributed by atoms with Crippen LogP contribution in [0.2, 0.25) is 0 Å². The van der Waals surface area contributed by atoms with Gasteiger partial charge in [0.2, 0.25) is 11.1 Å². The number of aliphatic imine (C=N–C) groups is 1. The molecule has 0 aliphatic rings. The molecule has 3 aromatic carbocycles. The number of nitrogen functional groups attached to an aromatic ring is 1. The van der Waals surface area contributed by atoms with Crippen LogP contribution in [0, 0.1) is 16.2 Å². The fourth-order valence-corrected chi connectivity index (χ4v) is 5.60. The van der Waals surface area contributed by atoms with E-state index in [9.17, 15) is 9.59 Å². The van der Waals surface area contributed by atoms with Gasteiger partial charge in [-0.2, -0.15) is 0 Å². The summed E-state index contributed by atoms with van der Waals surface area (Å²) in [7, 11) is 0. The normalized spacial score (nSPS) is 12.9. The van der Waals surface area contributed by atoms with E-state index in [4.69, 9.17) is 90.1 Å². The summed E-state index contributed by atoms with van der Waals surface area (Å²) in [5.74, 6) is 2.78. The molecule has 0 saturated carbocycles. The van der Waals surface area contributed by atoms with Gasteiger partial charge in [0.1, 0.15) is 5.17 Å². The number of nitrogens with zero attached hydrogens (tertiary/aromatic N) is 1. The van der Waals surface area contributed by atoms with Crippen LogP contribution in [0.25, 0.3) is 0 Å². The minimum absolute atomic E-state index is 0.0718. The summed E-state index contributed by atoms with van der Waals surface area (Å²) in [6.07, 6.45) is 0. The Morgan fingerprint density at radius 3 is 0.969 bits per heavy atom. The van der Waals surface area contributed by atoms with Gasteiger partial charge in [-0.15, -0.1) is 0 Å². The molecular weight excluding hydrogens is 966 g/mol. The molecular formula is C51H81Cl7N3O2P. The summed E-state index contributed by atoms with van der Waals surface area (Å²) in [5, 5.41) is 3.53. The van der Waals surface area contributed by atoms with E-state index in [1.807, 2.05) is 20.8 Å². The number of amides is 1. The third-order valence-corrected chi connectivity index (χ3v) is 10.7. The summed E-state index contributed by atoms with van der Waals surface area (Å²) in [5.41, 5.74) is 15.8. The van der Waals surface area contributed by atoms with Crippen LogP contribution in [0.4, 0.5) is 17.1 Å². The van der Waals surface area contributed by atoms with Crippen molar-refractivity contribution in [2.24, 2.45) is 21.2 Å². The predicted octanol–water partition coefficient (Wildman–Crippen LogP) is 20.8. The third-order valence-electron chi connectivity index (χ3n) is 9.47. The molecule has 0 aliphatic heterocycles. The molecule has 0 fully saturated rings. The molecule has 0 atom stereocenters. The molecule has 1 amide bonds. The van der Waals surface area contributed by atoms with Crippen molar-refractivity contribution < 1.29 is 9.59 Å². The maximum absolute atomic E-state index is 12.3. The van der Waals surface area contributed by atoms with Gasteiger partial charge in [-0.05, 0) is 80.5 Å². The number of nitrogens with two attached hydrogens (primary N) is 1. The molecule has 0 heterocycles. The van der Waals surface area contributed by atoms with Crippen LogP contribution in [-0.2, 0) is 9.59 Å². The topological polar surface area (TPSA) is 84.6 Å². The Morgan fingerprint density at radius 2 is 0.750 bits per heavy atom. The molecule has 0 aromatic heterocycles. The fraction of sp³-hybridized carbons (Fsp3) is 0.588. The van der Waals surface area contributed by atoms with Gasteiger partial charge in [0.25, 0.3) is 0 Å². The monoisotopic (exact) mass is 1040 g/mol. The van der Waals surface area contributed by atoms with E-state index in [2.05, 4.69) is 164 Å². The first-order valence-corrected chi connectivity index (χ1v) is 29.5. The second kappa shape index (κ2) is 27.1. The zero-order chi connectivity index (χ0) is 51.1. The molecule has 0 unspecified atom stereocenters. The molecule has 5 nitrogen and oxygen atoms in total. The Balaban J connectivity index is 0. The standard InChI is InChI=1S/C17H26ClN.C17H27NO.C12H19N.C5H9ClO.Cl5P/c1-11(2)13-9-8-10-14(12(3)4)15(13)19-16(18)17(5,6)7;1-11(2)13-9-8-10-14(12(3)4)15(13)18-16(19)17(5,6)7;1-8(2)10-6-5-7-11(9(3)4)12(10)13;1-5(2,3)4(6)7;1-6(2,3,4)5/h8-12H,1-7H3;8-12H,1-7H3,(H,18,19);5-9H,13H2,1-4H3;1-3H3;. The number of benzene rings is 3. The Bertz CT molecular complexity index is 1870. The van der Waals surface area contributed by atoms with E-state index >= 15 is 0 Å². The SMILES string of the molecule is CC(C)(C)C(=O)Cl.CC(C)c1cccc(C(C)C)c1N.CC(C)c1cccc(C(C)C)c1N=C(Cl)C(C)(C)C.CC(C)c1cccc(C(C)C)c1NC(=O)C(C)(C)C.ClP(Cl)(Cl)(Cl)Cl. The van der Waals surface area contributed by atoms with Crippen LogP contribution in [0.15, 0.2) is 59.6 Å². The van der Waals surface area contributed by atoms with Gasteiger partial charge in [-0.3, -0.25) is 9.59 Å². The summed E-state index contributed by atoms with van der Waals surface area (Å²) >= 11 is 36.4. The Hall–Kier alpha value is -1.27. The molecule has 366 valence electrons.